The van der Waals surface area contributed by atoms with E-state index in [1.54, 1.807) is 7.11 Å². The van der Waals surface area contributed by atoms with Crippen LogP contribution in [0.1, 0.15) is 33.6 Å². The van der Waals surface area contributed by atoms with Crippen molar-refractivity contribution >= 4 is 35.8 Å². The number of methoxy groups -OCH3 is 1. The van der Waals surface area contributed by atoms with E-state index in [1.165, 1.54) is 0 Å². The quantitative estimate of drug-likeness (QED) is 0.192. The largest absolute Gasteiger partial charge is 0.382 e. The van der Waals surface area contributed by atoms with Crippen LogP contribution in [-0.2, 0) is 14.3 Å². The average molecular weight is 472 g/mol. The van der Waals surface area contributed by atoms with E-state index >= 15 is 0 Å². The minimum atomic E-state index is 0. The van der Waals surface area contributed by atoms with Gasteiger partial charge in [0.05, 0.1) is 19.8 Å². The lowest BCUT2D eigenvalue weighted by molar-refractivity contribution is -0.131. The molecule has 0 aliphatic carbocycles. The first kappa shape index (κ1) is 26.6. The fourth-order valence-corrected chi connectivity index (χ4v) is 2.17. The summed E-state index contributed by atoms with van der Waals surface area (Å²) in [4.78, 5) is 20.5. The Balaban J connectivity index is 0. The summed E-state index contributed by atoms with van der Waals surface area (Å²) in [6.07, 6.45) is 1.93. The molecular formula is C17H37IN4O3. The van der Waals surface area contributed by atoms with Crippen molar-refractivity contribution in [3.8, 4) is 0 Å². The lowest BCUT2D eigenvalue weighted by Crippen LogP contribution is -2.45. The first-order chi connectivity index (χ1) is 11.6. The Morgan fingerprint density at radius 3 is 2.32 bits per heavy atom. The number of halogens is 1. The molecule has 0 bridgehead atoms. The predicted octanol–water partition coefficient (Wildman–Crippen LogP) is 1.81. The Morgan fingerprint density at radius 2 is 1.76 bits per heavy atom. The zero-order valence-corrected chi connectivity index (χ0v) is 18.9. The Labute approximate surface area is 170 Å². The molecule has 0 aromatic heterocycles. The van der Waals surface area contributed by atoms with Crippen LogP contribution in [0.15, 0.2) is 4.99 Å². The van der Waals surface area contributed by atoms with Gasteiger partial charge in [0.2, 0.25) is 5.91 Å². The number of unbranched alkanes of at least 4 members (excludes halogenated alkanes) is 1. The van der Waals surface area contributed by atoms with Gasteiger partial charge in [-0.25, -0.2) is 0 Å². The number of aliphatic imine (C=N–C) groups is 1. The van der Waals surface area contributed by atoms with Gasteiger partial charge in [-0.1, -0.05) is 0 Å². The summed E-state index contributed by atoms with van der Waals surface area (Å²) in [5.41, 5.74) is 0. The van der Waals surface area contributed by atoms with Gasteiger partial charge in [-0.2, -0.15) is 0 Å². The summed E-state index contributed by atoms with van der Waals surface area (Å²) in [5.74, 6) is 0.901. The third kappa shape index (κ3) is 13.3. The van der Waals surface area contributed by atoms with E-state index in [0.717, 1.165) is 51.6 Å². The normalized spacial score (nSPS) is 11.0. The van der Waals surface area contributed by atoms with Gasteiger partial charge in [0.1, 0.15) is 0 Å². The SMILES string of the molecule is CCNC(=NCCCCOCCOC)N(C)CC(=O)N(CC)CC.I. The molecule has 0 aliphatic heterocycles. The number of rotatable bonds is 13. The molecule has 0 saturated carbocycles. The Bertz CT molecular complexity index is 353. The van der Waals surface area contributed by atoms with Gasteiger partial charge < -0.3 is 24.6 Å². The van der Waals surface area contributed by atoms with Crippen molar-refractivity contribution in [2.24, 2.45) is 4.99 Å². The third-order valence-corrected chi connectivity index (χ3v) is 3.58. The van der Waals surface area contributed by atoms with Crippen LogP contribution in [0.4, 0.5) is 0 Å². The van der Waals surface area contributed by atoms with E-state index in [4.69, 9.17) is 9.47 Å². The molecule has 0 aliphatic rings. The molecule has 0 saturated heterocycles. The summed E-state index contributed by atoms with van der Waals surface area (Å²) in [7, 11) is 3.57. The highest BCUT2D eigenvalue weighted by Crippen LogP contribution is 1.96. The number of carbonyl (C=O) groups is 1. The summed E-state index contributed by atoms with van der Waals surface area (Å²) in [5, 5.41) is 3.24. The standard InChI is InChI=1S/C17H36N4O3.HI/c1-6-18-17(19-11-9-10-12-24-14-13-23-5)20(4)15-16(22)21(7-2)8-3;/h6-15H2,1-5H3,(H,18,19);1H. The van der Waals surface area contributed by atoms with Crippen molar-refractivity contribution < 1.29 is 14.3 Å². The zero-order valence-electron chi connectivity index (χ0n) is 16.5. The minimum Gasteiger partial charge on any atom is -0.382 e. The lowest BCUT2D eigenvalue weighted by Gasteiger charge is -2.25. The Hall–Kier alpha value is -0.610. The number of carbonyl (C=O) groups excluding carboxylic acids is 1. The number of amides is 1. The van der Waals surface area contributed by atoms with Crippen LogP contribution < -0.4 is 5.32 Å². The van der Waals surface area contributed by atoms with Gasteiger partial charge in [-0.15, -0.1) is 24.0 Å². The minimum absolute atomic E-state index is 0. The zero-order chi connectivity index (χ0) is 18.2. The highest BCUT2D eigenvalue weighted by molar-refractivity contribution is 14.0. The third-order valence-electron chi connectivity index (χ3n) is 3.58. The summed E-state index contributed by atoms with van der Waals surface area (Å²) >= 11 is 0. The first-order valence-corrected chi connectivity index (χ1v) is 8.94. The number of ether oxygens (including phenoxy) is 2. The number of hydrogen-bond donors (Lipinski definition) is 1. The Morgan fingerprint density at radius 1 is 1.08 bits per heavy atom. The first-order valence-electron chi connectivity index (χ1n) is 8.94. The summed E-state index contributed by atoms with van der Waals surface area (Å²) in [6, 6.07) is 0. The van der Waals surface area contributed by atoms with Crippen LogP contribution >= 0.6 is 24.0 Å². The monoisotopic (exact) mass is 472 g/mol. The van der Waals surface area contributed by atoms with Crippen molar-refractivity contribution in [2.75, 3.05) is 66.7 Å². The maximum absolute atomic E-state index is 12.2. The molecule has 0 unspecified atom stereocenters. The van der Waals surface area contributed by atoms with Crippen molar-refractivity contribution in [1.82, 2.24) is 15.1 Å². The summed E-state index contributed by atoms with van der Waals surface area (Å²) in [6.45, 7) is 11.3. The molecule has 0 aromatic carbocycles. The average Bonchev–Trinajstić information content (AvgIpc) is 2.57. The molecule has 25 heavy (non-hydrogen) atoms. The van der Waals surface area contributed by atoms with Gasteiger partial charge in [0.25, 0.3) is 0 Å². The van der Waals surface area contributed by atoms with E-state index < -0.39 is 0 Å². The number of nitrogens with zero attached hydrogens (tertiary/aromatic N) is 3. The molecule has 0 aromatic rings. The second kappa shape index (κ2) is 18.2. The van der Waals surface area contributed by atoms with E-state index in [1.807, 2.05) is 37.6 Å². The van der Waals surface area contributed by atoms with Gasteiger partial charge in [0, 0.05) is 46.9 Å². The highest BCUT2D eigenvalue weighted by Gasteiger charge is 2.14. The molecular weight excluding hydrogens is 435 g/mol. The maximum atomic E-state index is 12.2. The smallest absolute Gasteiger partial charge is 0.242 e. The molecule has 0 atom stereocenters. The topological polar surface area (TPSA) is 66.4 Å². The van der Waals surface area contributed by atoms with Gasteiger partial charge in [0.15, 0.2) is 5.96 Å². The van der Waals surface area contributed by atoms with Crippen LogP contribution in [0.25, 0.3) is 0 Å². The van der Waals surface area contributed by atoms with Crippen LogP contribution in [0, 0.1) is 0 Å². The van der Waals surface area contributed by atoms with E-state index in [9.17, 15) is 4.79 Å². The molecule has 0 fully saturated rings. The van der Waals surface area contributed by atoms with Crippen molar-refractivity contribution in [3.05, 3.63) is 0 Å². The molecule has 0 radical (unpaired) electrons. The van der Waals surface area contributed by atoms with E-state index in [-0.39, 0.29) is 29.9 Å². The molecule has 1 N–H and O–H groups in total. The Kier molecular flexibility index (Phi) is 19.4. The van der Waals surface area contributed by atoms with Crippen LogP contribution in [0.2, 0.25) is 0 Å². The number of nitrogens with one attached hydrogen (secondary N) is 1. The van der Waals surface area contributed by atoms with Crippen molar-refractivity contribution in [1.29, 1.82) is 0 Å². The molecule has 8 heteroatoms. The molecule has 0 heterocycles. The predicted molar refractivity (Wildman–Crippen MR) is 114 cm³/mol. The second-order valence-corrected chi connectivity index (χ2v) is 5.47. The number of likely N-dealkylation sites (N-methyl/N-ethyl adjacent to an activating group) is 2. The van der Waals surface area contributed by atoms with E-state index in [0.29, 0.717) is 19.8 Å². The van der Waals surface area contributed by atoms with Crippen molar-refractivity contribution in [3.63, 3.8) is 0 Å². The van der Waals surface area contributed by atoms with Crippen molar-refractivity contribution in [2.45, 2.75) is 33.6 Å². The van der Waals surface area contributed by atoms with Gasteiger partial charge >= 0.3 is 0 Å². The molecule has 0 spiro atoms. The molecule has 0 rings (SSSR count). The van der Waals surface area contributed by atoms with Crippen LogP contribution in [0.3, 0.4) is 0 Å². The maximum Gasteiger partial charge on any atom is 0.242 e. The van der Waals surface area contributed by atoms with Crippen LogP contribution in [-0.4, -0.2) is 88.4 Å². The molecule has 150 valence electrons. The fraction of sp³-hybridized carbons (Fsp3) is 0.882. The van der Waals surface area contributed by atoms with Gasteiger partial charge in [-0.05, 0) is 33.6 Å². The molecule has 7 nitrogen and oxygen atoms in total. The highest BCUT2D eigenvalue weighted by atomic mass is 127. The number of guanidine groups is 1. The van der Waals surface area contributed by atoms with E-state index in [2.05, 4.69) is 10.3 Å². The lowest BCUT2D eigenvalue weighted by atomic mass is 10.3. The molecule has 1 amide bonds. The fourth-order valence-electron chi connectivity index (χ4n) is 2.17. The van der Waals surface area contributed by atoms with Gasteiger partial charge in [-0.3, -0.25) is 9.79 Å². The summed E-state index contributed by atoms with van der Waals surface area (Å²) < 4.78 is 10.4. The van der Waals surface area contributed by atoms with Crippen LogP contribution in [0.5, 0.6) is 0 Å². The second-order valence-electron chi connectivity index (χ2n) is 5.47. The number of hydrogen-bond acceptors (Lipinski definition) is 4.